The summed E-state index contributed by atoms with van der Waals surface area (Å²) in [6, 6.07) is 6.53. The Kier molecular flexibility index (Phi) is 5.08. The van der Waals surface area contributed by atoms with Crippen LogP contribution in [0.15, 0.2) is 18.2 Å². The van der Waals surface area contributed by atoms with Crippen molar-refractivity contribution < 1.29 is 9.47 Å². The molecule has 0 aliphatic carbocycles. The molecule has 1 heterocycles. The average molecular weight is 263 g/mol. The molecule has 1 aromatic rings. The number of hydrogen-bond acceptors (Lipinski definition) is 3. The molecule has 1 aromatic carbocycles. The second-order valence-corrected chi connectivity index (χ2v) is 5.55. The second-order valence-electron chi connectivity index (χ2n) is 5.55. The Labute approximate surface area is 116 Å². The van der Waals surface area contributed by atoms with Crippen LogP contribution in [0.1, 0.15) is 45.2 Å². The maximum absolute atomic E-state index is 5.76. The highest BCUT2D eigenvalue weighted by Gasteiger charge is 2.23. The molecule has 2 rings (SSSR count). The molecule has 0 spiro atoms. The van der Waals surface area contributed by atoms with E-state index in [0.29, 0.717) is 12.0 Å². The largest absolute Gasteiger partial charge is 0.493 e. The van der Waals surface area contributed by atoms with Crippen LogP contribution in [0.5, 0.6) is 11.5 Å². The zero-order valence-corrected chi connectivity index (χ0v) is 12.2. The van der Waals surface area contributed by atoms with E-state index >= 15 is 0 Å². The minimum atomic E-state index is 0.333. The summed E-state index contributed by atoms with van der Waals surface area (Å²) in [5.74, 6) is 2.56. The predicted molar refractivity (Wildman–Crippen MR) is 77.9 cm³/mol. The van der Waals surface area contributed by atoms with Crippen molar-refractivity contribution in [3.63, 3.8) is 0 Å². The third kappa shape index (κ3) is 3.87. The summed E-state index contributed by atoms with van der Waals surface area (Å²) >= 11 is 0. The summed E-state index contributed by atoms with van der Waals surface area (Å²) in [6.07, 6.45) is 2.22. The van der Waals surface area contributed by atoms with Crippen molar-refractivity contribution in [3.05, 3.63) is 23.8 Å². The third-order valence-electron chi connectivity index (χ3n) is 3.37. The molecule has 0 amide bonds. The fraction of sp³-hybridized carbons (Fsp3) is 0.625. The summed E-state index contributed by atoms with van der Waals surface area (Å²) < 4.78 is 11.5. The Morgan fingerprint density at radius 1 is 1.42 bits per heavy atom. The van der Waals surface area contributed by atoms with Gasteiger partial charge in [0.15, 0.2) is 0 Å². The highest BCUT2D eigenvalue weighted by Crippen LogP contribution is 2.35. The lowest BCUT2D eigenvalue weighted by Crippen LogP contribution is -2.22. The van der Waals surface area contributed by atoms with E-state index in [0.717, 1.165) is 44.1 Å². The van der Waals surface area contributed by atoms with Crippen molar-refractivity contribution >= 4 is 0 Å². The van der Waals surface area contributed by atoms with Crippen LogP contribution in [0.2, 0.25) is 0 Å². The van der Waals surface area contributed by atoms with E-state index in [1.165, 1.54) is 5.56 Å². The molecular weight excluding hydrogens is 238 g/mol. The number of rotatable bonds is 7. The fourth-order valence-electron chi connectivity index (χ4n) is 2.18. The zero-order valence-electron chi connectivity index (χ0n) is 12.2. The van der Waals surface area contributed by atoms with Gasteiger partial charge in [0.1, 0.15) is 18.1 Å². The van der Waals surface area contributed by atoms with Gasteiger partial charge in [-0.25, -0.2) is 0 Å². The van der Waals surface area contributed by atoms with Gasteiger partial charge in [-0.05, 0) is 37.4 Å². The van der Waals surface area contributed by atoms with Gasteiger partial charge in [-0.3, -0.25) is 0 Å². The first-order valence-electron chi connectivity index (χ1n) is 7.33. The minimum Gasteiger partial charge on any atom is -0.493 e. The number of benzene rings is 1. The third-order valence-corrected chi connectivity index (χ3v) is 3.37. The molecule has 1 aliphatic heterocycles. The monoisotopic (exact) mass is 263 g/mol. The maximum atomic E-state index is 5.76. The summed E-state index contributed by atoms with van der Waals surface area (Å²) in [6.45, 7) is 9.12. The van der Waals surface area contributed by atoms with Crippen molar-refractivity contribution in [1.29, 1.82) is 0 Å². The van der Waals surface area contributed by atoms with Gasteiger partial charge in [0.05, 0.1) is 12.6 Å². The molecule has 0 radical (unpaired) electrons. The maximum Gasteiger partial charge on any atom is 0.127 e. The fourth-order valence-corrected chi connectivity index (χ4v) is 2.18. The standard InChI is InChI=1S/C16H25NO2/c1-4-8-17-15-11-19-16-10-13(5-6-14(15)16)18-9-7-12(2)3/h5-6,10,12,15,17H,4,7-9,11H2,1-3H3. The summed E-state index contributed by atoms with van der Waals surface area (Å²) in [7, 11) is 0. The highest BCUT2D eigenvalue weighted by atomic mass is 16.5. The van der Waals surface area contributed by atoms with Gasteiger partial charge in [-0.1, -0.05) is 20.8 Å². The van der Waals surface area contributed by atoms with Crippen LogP contribution in [0, 0.1) is 5.92 Å². The van der Waals surface area contributed by atoms with Gasteiger partial charge >= 0.3 is 0 Å². The SMILES string of the molecule is CCCNC1COc2cc(OCCC(C)C)ccc21. The van der Waals surface area contributed by atoms with Gasteiger partial charge in [0.2, 0.25) is 0 Å². The van der Waals surface area contributed by atoms with Crippen LogP contribution >= 0.6 is 0 Å². The Morgan fingerprint density at radius 2 is 2.26 bits per heavy atom. The summed E-state index contributed by atoms with van der Waals surface area (Å²) in [5.41, 5.74) is 1.25. The van der Waals surface area contributed by atoms with Gasteiger partial charge in [-0.15, -0.1) is 0 Å². The summed E-state index contributed by atoms with van der Waals surface area (Å²) in [5, 5.41) is 3.50. The van der Waals surface area contributed by atoms with Crippen LogP contribution in [-0.4, -0.2) is 19.8 Å². The Bertz CT molecular complexity index is 404. The van der Waals surface area contributed by atoms with E-state index in [1.54, 1.807) is 0 Å². The van der Waals surface area contributed by atoms with E-state index in [4.69, 9.17) is 9.47 Å². The van der Waals surface area contributed by atoms with Crippen molar-refractivity contribution in [3.8, 4) is 11.5 Å². The molecule has 3 nitrogen and oxygen atoms in total. The highest BCUT2D eigenvalue weighted by molar-refractivity contribution is 5.45. The molecule has 1 atom stereocenters. The van der Waals surface area contributed by atoms with E-state index < -0.39 is 0 Å². The van der Waals surface area contributed by atoms with Crippen molar-refractivity contribution in [2.24, 2.45) is 5.92 Å². The number of hydrogen-bond donors (Lipinski definition) is 1. The molecular formula is C16H25NO2. The van der Waals surface area contributed by atoms with Crippen LogP contribution in [0.4, 0.5) is 0 Å². The lowest BCUT2D eigenvalue weighted by Gasteiger charge is -2.11. The average Bonchev–Trinajstić information content (AvgIpc) is 2.78. The predicted octanol–water partition coefficient (Wildman–Crippen LogP) is 3.54. The van der Waals surface area contributed by atoms with Crippen molar-refractivity contribution in [1.82, 2.24) is 5.32 Å². The Hall–Kier alpha value is -1.22. The van der Waals surface area contributed by atoms with Crippen LogP contribution in [-0.2, 0) is 0 Å². The molecule has 1 N–H and O–H groups in total. The molecule has 0 fully saturated rings. The normalized spacial score (nSPS) is 17.4. The number of fused-ring (bicyclic) bond motifs is 1. The van der Waals surface area contributed by atoms with Gasteiger partial charge in [-0.2, -0.15) is 0 Å². The topological polar surface area (TPSA) is 30.5 Å². The second kappa shape index (κ2) is 6.80. The first kappa shape index (κ1) is 14.2. The van der Waals surface area contributed by atoms with Gasteiger partial charge in [0.25, 0.3) is 0 Å². The molecule has 0 bridgehead atoms. The van der Waals surface area contributed by atoms with Crippen molar-refractivity contribution in [2.75, 3.05) is 19.8 Å². The van der Waals surface area contributed by atoms with E-state index in [1.807, 2.05) is 6.07 Å². The molecule has 3 heteroatoms. The quantitative estimate of drug-likeness (QED) is 0.816. The van der Waals surface area contributed by atoms with Crippen LogP contribution in [0.3, 0.4) is 0 Å². The van der Waals surface area contributed by atoms with Crippen molar-refractivity contribution in [2.45, 2.75) is 39.7 Å². The molecule has 1 unspecified atom stereocenters. The first-order chi connectivity index (χ1) is 9.20. The van der Waals surface area contributed by atoms with E-state index in [-0.39, 0.29) is 0 Å². The van der Waals surface area contributed by atoms with Gasteiger partial charge < -0.3 is 14.8 Å². The Balaban J connectivity index is 1.93. The molecule has 1 aliphatic rings. The zero-order chi connectivity index (χ0) is 13.7. The van der Waals surface area contributed by atoms with Crippen LogP contribution in [0.25, 0.3) is 0 Å². The molecule has 0 saturated heterocycles. The first-order valence-corrected chi connectivity index (χ1v) is 7.33. The minimum absolute atomic E-state index is 0.333. The molecule has 106 valence electrons. The lowest BCUT2D eigenvalue weighted by molar-refractivity contribution is 0.285. The van der Waals surface area contributed by atoms with Crippen LogP contribution < -0.4 is 14.8 Å². The van der Waals surface area contributed by atoms with E-state index in [9.17, 15) is 0 Å². The van der Waals surface area contributed by atoms with E-state index in [2.05, 4.69) is 38.2 Å². The lowest BCUT2D eigenvalue weighted by atomic mass is 10.1. The van der Waals surface area contributed by atoms with Gasteiger partial charge in [0, 0.05) is 11.6 Å². The molecule has 0 aromatic heterocycles. The molecule has 19 heavy (non-hydrogen) atoms. The summed E-state index contributed by atoms with van der Waals surface area (Å²) in [4.78, 5) is 0. The number of nitrogens with one attached hydrogen (secondary N) is 1. The Morgan fingerprint density at radius 3 is 3.00 bits per heavy atom. The molecule has 0 saturated carbocycles. The number of ether oxygens (including phenoxy) is 2. The smallest absolute Gasteiger partial charge is 0.127 e.